The highest BCUT2D eigenvalue weighted by molar-refractivity contribution is 4.73. The van der Waals surface area contributed by atoms with Gasteiger partial charge in [-0.15, -0.1) is 0 Å². The molecule has 0 aromatic heterocycles. The van der Waals surface area contributed by atoms with E-state index in [-0.39, 0.29) is 0 Å². The van der Waals surface area contributed by atoms with Gasteiger partial charge in [-0.3, -0.25) is 0 Å². The predicted molar refractivity (Wildman–Crippen MR) is 75.2 cm³/mol. The summed E-state index contributed by atoms with van der Waals surface area (Å²) in [6.45, 7) is 5.02. The largest absolute Gasteiger partial charge is 0.389 e. The smallest absolute Gasteiger partial charge is 0.0897 e. The van der Waals surface area contributed by atoms with E-state index in [0.717, 1.165) is 44.8 Å². The van der Waals surface area contributed by atoms with E-state index < -0.39 is 6.10 Å². The highest BCUT2D eigenvalue weighted by Crippen LogP contribution is 2.25. The molecule has 0 spiro atoms. The van der Waals surface area contributed by atoms with Crippen LogP contribution in [0.2, 0.25) is 0 Å². The minimum Gasteiger partial charge on any atom is -0.389 e. The zero-order valence-electron chi connectivity index (χ0n) is 12.1. The van der Waals surface area contributed by atoms with Gasteiger partial charge in [0.25, 0.3) is 0 Å². The van der Waals surface area contributed by atoms with Crippen LogP contribution in [0, 0.1) is 5.92 Å². The van der Waals surface area contributed by atoms with Gasteiger partial charge in [0.2, 0.25) is 0 Å². The lowest BCUT2D eigenvalue weighted by Gasteiger charge is -2.28. The highest BCUT2D eigenvalue weighted by Gasteiger charge is 2.20. The Bertz CT molecular complexity index is 236. The van der Waals surface area contributed by atoms with Crippen molar-refractivity contribution >= 4 is 0 Å². The van der Waals surface area contributed by atoms with E-state index in [9.17, 15) is 5.11 Å². The summed E-state index contributed by atoms with van der Waals surface area (Å²) in [7, 11) is 0. The van der Waals surface area contributed by atoms with Crippen LogP contribution in [-0.2, 0) is 9.47 Å². The molecule has 1 saturated heterocycles. The second-order valence-corrected chi connectivity index (χ2v) is 6.19. The summed E-state index contributed by atoms with van der Waals surface area (Å²) in [5.41, 5.74) is 0. The van der Waals surface area contributed by atoms with E-state index in [1.807, 2.05) is 0 Å². The van der Waals surface area contributed by atoms with Crippen LogP contribution >= 0.6 is 0 Å². The Morgan fingerprint density at radius 1 is 1.26 bits per heavy atom. The molecule has 2 rings (SSSR count). The zero-order valence-corrected chi connectivity index (χ0v) is 12.1. The standard InChI is InChI=1S/C15H29NO3/c1-12-4-6-15(7-5-12)19-11-14(17)9-16-13-3-2-8-18-10-13/h12-17H,2-11H2,1H3. The van der Waals surface area contributed by atoms with Crippen LogP contribution in [-0.4, -0.2) is 49.7 Å². The Hall–Kier alpha value is -0.160. The molecule has 1 saturated carbocycles. The Labute approximate surface area is 116 Å². The fraction of sp³-hybridized carbons (Fsp3) is 1.00. The van der Waals surface area contributed by atoms with E-state index in [1.165, 1.54) is 12.8 Å². The third-order valence-corrected chi connectivity index (χ3v) is 4.29. The molecule has 2 N–H and O–H groups in total. The van der Waals surface area contributed by atoms with Crippen LogP contribution in [0.5, 0.6) is 0 Å². The first-order valence-corrected chi connectivity index (χ1v) is 7.85. The van der Waals surface area contributed by atoms with E-state index in [1.54, 1.807) is 0 Å². The van der Waals surface area contributed by atoms with E-state index >= 15 is 0 Å². The maximum absolute atomic E-state index is 9.93. The first-order valence-electron chi connectivity index (χ1n) is 7.85. The molecule has 19 heavy (non-hydrogen) atoms. The number of aliphatic hydroxyl groups is 1. The van der Waals surface area contributed by atoms with Crippen molar-refractivity contribution in [1.29, 1.82) is 0 Å². The molecule has 1 aliphatic carbocycles. The van der Waals surface area contributed by atoms with Crippen LogP contribution < -0.4 is 5.32 Å². The third kappa shape index (κ3) is 5.78. The van der Waals surface area contributed by atoms with Gasteiger partial charge in [-0.2, -0.15) is 0 Å². The van der Waals surface area contributed by atoms with Crippen molar-refractivity contribution in [3.05, 3.63) is 0 Å². The summed E-state index contributed by atoms with van der Waals surface area (Å²) >= 11 is 0. The fourth-order valence-electron chi connectivity index (χ4n) is 2.91. The third-order valence-electron chi connectivity index (χ3n) is 4.29. The zero-order chi connectivity index (χ0) is 13.5. The summed E-state index contributed by atoms with van der Waals surface area (Å²) in [5, 5.41) is 13.3. The number of rotatable bonds is 6. The SMILES string of the molecule is CC1CCC(OCC(O)CNC2CCCOC2)CC1. The molecule has 4 heteroatoms. The molecule has 2 unspecified atom stereocenters. The number of nitrogens with one attached hydrogen (secondary N) is 1. The molecule has 1 aliphatic heterocycles. The number of ether oxygens (including phenoxy) is 2. The minimum absolute atomic E-state index is 0.365. The maximum Gasteiger partial charge on any atom is 0.0897 e. The molecular weight excluding hydrogens is 242 g/mol. The molecule has 0 aromatic rings. The van der Waals surface area contributed by atoms with Gasteiger partial charge in [0.1, 0.15) is 0 Å². The van der Waals surface area contributed by atoms with Crippen molar-refractivity contribution in [3.63, 3.8) is 0 Å². The fourth-order valence-corrected chi connectivity index (χ4v) is 2.91. The number of aliphatic hydroxyl groups excluding tert-OH is 1. The van der Waals surface area contributed by atoms with Crippen molar-refractivity contribution in [2.24, 2.45) is 5.92 Å². The second-order valence-electron chi connectivity index (χ2n) is 6.19. The van der Waals surface area contributed by atoms with Gasteiger partial charge in [0.15, 0.2) is 0 Å². The maximum atomic E-state index is 9.93. The van der Waals surface area contributed by atoms with E-state index in [4.69, 9.17) is 9.47 Å². The highest BCUT2D eigenvalue weighted by atomic mass is 16.5. The van der Waals surface area contributed by atoms with Crippen molar-refractivity contribution in [2.45, 2.75) is 63.7 Å². The topological polar surface area (TPSA) is 50.7 Å². The Kier molecular flexibility index (Phi) is 6.57. The first-order chi connectivity index (χ1) is 9.24. The molecule has 112 valence electrons. The molecular formula is C15H29NO3. The Morgan fingerprint density at radius 3 is 2.74 bits per heavy atom. The van der Waals surface area contributed by atoms with Gasteiger partial charge in [-0.25, -0.2) is 0 Å². The second kappa shape index (κ2) is 8.20. The summed E-state index contributed by atoms with van der Waals surface area (Å²) in [6.07, 6.45) is 7.05. The van der Waals surface area contributed by atoms with E-state index in [2.05, 4.69) is 12.2 Å². The normalized spacial score (nSPS) is 34.1. The molecule has 0 aromatic carbocycles. The van der Waals surface area contributed by atoms with Crippen LogP contribution in [0.25, 0.3) is 0 Å². The van der Waals surface area contributed by atoms with E-state index in [0.29, 0.717) is 25.3 Å². The lowest BCUT2D eigenvalue weighted by atomic mass is 9.89. The lowest BCUT2D eigenvalue weighted by molar-refractivity contribution is -0.0300. The summed E-state index contributed by atoms with van der Waals surface area (Å²) in [5.74, 6) is 0.845. The summed E-state index contributed by atoms with van der Waals surface area (Å²) in [6, 6.07) is 0.402. The van der Waals surface area contributed by atoms with Gasteiger partial charge in [-0.1, -0.05) is 6.92 Å². The molecule has 2 atom stereocenters. The van der Waals surface area contributed by atoms with Crippen molar-refractivity contribution in [2.75, 3.05) is 26.4 Å². The Morgan fingerprint density at radius 2 is 2.05 bits per heavy atom. The quantitative estimate of drug-likeness (QED) is 0.772. The molecule has 0 bridgehead atoms. The Balaban J connectivity index is 1.52. The molecule has 0 radical (unpaired) electrons. The van der Waals surface area contributed by atoms with Gasteiger partial charge in [0.05, 0.1) is 25.4 Å². The van der Waals surface area contributed by atoms with Crippen molar-refractivity contribution in [1.82, 2.24) is 5.32 Å². The first kappa shape index (κ1) is 15.2. The van der Waals surface area contributed by atoms with Gasteiger partial charge in [-0.05, 0) is 44.4 Å². The average Bonchev–Trinajstić information content (AvgIpc) is 2.45. The predicted octanol–water partition coefficient (Wildman–Crippen LogP) is 1.71. The van der Waals surface area contributed by atoms with Gasteiger partial charge < -0.3 is 19.9 Å². The molecule has 2 fully saturated rings. The molecule has 1 heterocycles. The summed E-state index contributed by atoms with van der Waals surface area (Å²) in [4.78, 5) is 0. The molecule has 4 nitrogen and oxygen atoms in total. The summed E-state index contributed by atoms with van der Waals surface area (Å²) < 4.78 is 11.2. The molecule has 0 amide bonds. The van der Waals surface area contributed by atoms with Gasteiger partial charge in [0, 0.05) is 19.2 Å². The monoisotopic (exact) mass is 271 g/mol. The van der Waals surface area contributed by atoms with Crippen LogP contribution in [0.4, 0.5) is 0 Å². The van der Waals surface area contributed by atoms with Gasteiger partial charge >= 0.3 is 0 Å². The van der Waals surface area contributed by atoms with Crippen LogP contribution in [0.15, 0.2) is 0 Å². The van der Waals surface area contributed by atoms with Crippen molar-refractivity contribution in [3.8, 4) is 0 Å². The van der Waals surface area contributed by atoms with Crippen molar-refractivity contribution < 1.29 is 14.6 Å². The lowest BCUT2D eigenvalue weighted by Crippen LogP contribution is -2.42. The number of hydrogen-bond acceptors (Lipinski definition) is 4. The van der Waals surface area contributed by atoms with Crippen LogP contribution in [0.3, 0.4) is 0 Å². The minimum atomic E-state index is -0.402. The van der Waals surface area contributed by atoms with Crippen LogP contribution in [0.1, 0.15) is 45.4 Å². The number of hydrogen-bond donors (Lipinski definition) is 2. The molecule has 2 aliphatic rings. The average molecular weight is 271 g/mol.